The summed E-state index contributed by atoms with van der Waals surface area (Å²) in [5, 5.41) is 6.85. The summed E-state index contributed by atoms with van der Waals surface area (Å²) in [7, 11) is 1.69. The van der Waals surface area contributed by atoms with Gasteiger partial charge in [0.1, 0.15) is 5.75 Å². The van der Waals surface area contributed by atoms with Gasteiger partial charge < -0.3 is 20.3 Å². The van der Waals surface area contributed by atoms with Crippen molar-refractivity contribution >= 4 is 5.91 Å². The van der Waals surface area contributed by atoms with Gasteiger partial charge >= 0.3 is 0 Å². The monoisotopic (exact) mass is 331 g/mol. The average Bonchev–Trinajstić information content (AvgIpc) is 2.90. The Kier molecular flexibility index (Phi) is 6.10. The van der Waals surface area contributed by atoms with Gasteiger partial charge in [-0.25, -0.2) is 0 Å². The number of nitrogens with one attached hydrogen (secondary N) is 2. The fraction of sp³-hybridized carbons (Fsp3) is 0.632. The number of hydrogen-bond donors (Lipinski definition) is 2. The first kappa shape index (κ1) is 17.2. The van der Waals surface area contributed by atoms with Crippen molar-refractivity contribution in [3.63, 3.8) is 0 Å². The average molecular weight is 331 g/mol. The van der Waals surface area contributed by atoms with Gasteiger partial charge in [0, 0.05) is 31.6 Å². The maximum absolute atomic E-state index is 13.0. The number of piperazine rings is 1. The van der Waals surface area contributed by atoms with E-state index >= 15 is 0 Å². The van der Waals surface area contributed by atoms with Crippen molar-refractivity contribution in [3.05, 3.63) is 29.8 Å². The van der Waals surface area contributed by atoms with E-state index in [0.29, 0.717) is 18.2 Å². The lowest BCUT2D eigenvalue weighted by Gasteiger charge is -2.37. The number of benzene rings is 1. The van der Waals surface area contributed by atoms with Gasteiger partial charge in [-0.05, 0) is 44.3 Å². The normalized spacial score (nSPS) is 25.1. The van der Waals surface area contributed by atoms with E-state index in [2.05, 4.69) is 21.6 Å². The summed E-state index contributed by atoms with van der Waals surface area (Å²) in [6.07, 6.45) is 4.12. The third-order valence-electron chi connectivity index (χ3n) is 5.22. The van der Waals surface area contributed by atoms with Gasteiger partial charge in [0.05, 0.1) is 13.2 Å². The first-order valence-electron chi connectivity index (χ1n) is 9.13. The van der Waals surface area contributed by atoms with Gasteiger partial charge in [-0.1, -0.05) is 18.2 Å². The minimum absolute atomic E-state index is 0.0614. The van der Waals surface area contributed by atoms with E-state index in [-0.39, 0.29) is 6.04 Å². The maximum atomic E-state index is 13.0. The summed E-state index contributed by atoms with van der Waals surface area (Å²) < 4.78 is 5.52. The molecule has 5 heteroatoms. The zero-order valence-electron chi connectivity index (χ0n) is 14.6. The van der Waals surface area contributed by atoms with Crippen molar-refractivity contribution < 1.29 is 9.53 Å². The van der Waals surface area contributed by atoms with Crippen LogP contribution in [0.3, 0.4) is 0 Å². The minimum atomic E-state index is 0.0614. The van der Waals surface area contributed by atoms with Crippen molar-refractivity contribution in [2.75, 3.05) is 39.8 Å². The molecule has 0 spiro atoms. The molecule has 5 nitrogen and oxygen atoms in total. The quantitative estimate of drug-likeness (QED) is 0.885. The fourth-order valence-electron chi connectivity index (χ4n) is 3.88. The van der Waals surface area contributed by atoms with Crippen LogP contribution in [0.2, 0.25) is 0 Å². The molecule has 3 rings (SSSR count). The van der Waals surface area contributed by atoms with Gasteiger partial charge in [-0.15, -0.1) is 0 Å². The van der Waals surface area contributed by atoms with Crippen LogP contribution in [0.15, 0.2) is 24.3 Å². The van der Waals surface area contributed by atoms with E-state index in [1.165, 1.54) is 6.42 Å². The lowest BCUT2D eigenvalue weighted by molar-refractivity contribution is -0.135. The van der Waals surface area contributed by atoms with Crippen LogP contribution in [0.25, 0.3) is 0 Å². The Bertz CT molecular complexity index is 541. The third-order valence-corrected chi connectivity index (χ3v) is 5.22. The number of para-hydroxylation sites is 1. The molecule has 2 aliphatic rings. The van der Waals surface area contributed by atoms with Gasteiger partial charge in [-0.3, -0.25) is 4.79 Å². The predicted molar refractivity (Wildman–Crippen MR) is 95.1 cm³/mol. The van der Waals surface area contributed by atoms with Crippen molar-refractivity contribution in [1.82, 2.24) is 15.5 Å². The lowest BCUT2D eigenvalue weighted by Crippen LogP contribution is -2.49. The van der Waals surface area contributed by atoms with Crippen LogP contribution in [0, 0.1) is 5.92 Å². The number of amides is 1. The molecule has 2 aliphatic heterocycles. The summed E-state index contributed by atoms with van der Waals surface area (Å²) in [4.78, 5) is 15.1. The zero-order chi connectivity index (χ0) is 16.8. The largest absolute Gasteiger partial charge is 0.496 e. The maximum Gasteiger partial charge on any atom is 0.223 e. The molecular weight excluding hydrogens is 302 g/mol. The molecule has 2 heterocycles. The Balaban J connectivity index is 1.72. The smallest absolute Gasteiger partial charge is 0.223 e. The second kappa shape index (κ2) is 8.49. The van der Waals surface area contributed by atoms with E-state index in [0.717, 1.165) is 56.9 Å². The van der Waals surface area contributed by atoms with Crippen LogP contribution in [0.1, 0.15) is 37.3 Å². The standard InChI is InChI=1S/C19H29N3O2/c1-24-18-7-3-2-6-16(18)17-14-21-11-12-22(17)19(23)13-15-5-4-9-20-10-8-15/h2-3,6-7,15,17,20-21H,4-5,8-14H2,1H3. The molecule has 1 aromatic carbocycles. The summed E-state index contributed by atoms with van der Waals surface area (Å²) in [5.41, 5.74) is 1.10. The predicted octanol–water partition coefficient (Wildman–Crippen LogP) is 1.95. The van der Waals surface area contributed by atoms with Gasteiger partial charge in [-0.2, -0.15) is 0 Å². The van der Waals surface area contributed by atoms with E-state index < -0.39 is 0 Å². The molecule has 132 valence electrons. The number of methoxy groups -OCH3 is 1. The van der Waals surface area contributed by atoms with Crippen molar-refractivity contribution in [2.24, 2.45) is 5.92 Å². The molecule has 0 bridgehead atoms. The highest BCUT2D eigenvalue weighted by Crippen LogP contribution is 2.31. The number of rotatable bonds is 4. The van der Waals surface area contributed by atoms with Crippen molar-refractivity contribution in [3.8, 4) is 5.75 Å². The number of nitrogens with zero attached hydrogens (tertiary/aromatic N) is 1. The molecule has 0 saturated carbocycles. The first-order chi connectivity index (χ1) is 11.8. The molecule has 2 atom stereocenters. The molecule has 0 aromatic heterocycles. The van der Waals surface area contributed by atoms with E-state index in [9.17, 15) is 4.79 Å². The van der Waals surface area contributed by atoms with Gasteiger partial charge in [0.25, 0.3) is 0 Å². The Labute approximate surface area is 144 Å². The molecule has 2 unspecified atom stereocenters. The highest BCUT2D eigenvalue weighted by atomic mass is 16.5. The molecule has 24 heavy (non-hydrogen) atoms. The molecule has 0 radical (unpaired) electrons. The molecule has 1 amide bonds. The van der Waals surface area contributed by atoms with Crippen LogP contribution in [0.5, 0.6) is 5.75 Å². The van der Waals surface area contributed by atoms with E-state index in [4.69, 9.17) is 4.74 Å². The Morgan fingerprint density at radius 2 is 2.08 bits per heavy atom. The summed E-state index contributed by atoms with van der Waals surface area (Å²) in [6, 6.07) is 8.11. The highest BCUT2D eigenvalue weighted by Gasteiger charge is 2.30. The number of carbonyl (C=O) groups excluding carboxylic acids is 1. The Morgan fingerprint density at radius 1 is 1.21 bits per heavy atom. The van der Waals surface area contributed by atoms with Crippen molar-refractivity contribution in [2.45, 2.75) is 31.7 Å². The van der Waals surface area contributed by atoms with Crippen LogP contribution >= 0.6 is 0 Å². The lowest BCUT2D eigenvalue weighted by atomic mass is 9.94. The molecule has 1 aromatic rings. The first-order valence-corrected chi connectivity index (χ1v) is 9.13. The molecular formula is C19H29N3O2. The molecule has 2 fully saturated rings. The van der Waals surface area contributed by atoms with Crippen LogP contribution in [-0.2, 0) is 4.79 Å². The Hall–Kier alpha value is -1.59. The number of hydrogen-bond acceptors (Lipinski definition) is 4. The van der Waals surface area contributed by atoms with E-state index in [1.807, 2.05) is 18.2 Å². The molecule has 2 N–H and O–H groups in total. The topological polar surface area (TPSA) is 53.6 Å². The van der Waals surface area contributed by atoms with Crippen LogP contribution in [0.4, 0.5) is 0 Å². The fourth-order valence-corrected chi connectivity index (χ4v) is 3.88. The second-order valence-corrected chi connectivity index (χ2v) is 6.80. The summed E-state index contributed by atoms with van der Waals surface area (Å²) in [6.45, 7) is 4.55. The third kappa shape index (κ3) is 4.08. The second-order valence-electron chi connectivity index (χ2n) is 6.80. The van der Waals surface area contributed by atoms with Crippen molar-refractivity contribution in [1.29, 1.82) is 0 Å². The van der Waals surface area contributed by atoms with Crippen LogP contribution < -0.4 is 15.4 Å². The van der Waals surface area contributed by atoms with E-state index in [1.54, 1.807) is 7.11 Å². The highest BCUT2D eigenvalue weighted by molar-refractivity contribution is 5.77. The van der Waals surface area contributed by atoms with Gasteiger partial charge in [0.15, 0.2) is 0 Å². The van der Waals surface area contributed by atoms with Crippen LogP contribution in [-0.4, -0.2) is 50.6 Å². The zero-order valence-corrected chi connectivity index (χ0v) is 14.6. The SMILES string of the molecule is COc1ccccc1C1CNCCN1C(=O)CC1CCCNCC1. The summed E-state index contributed by atoms with van der Waals surface area (Å²) in [5.74, 6) is 1.67. The number of carbonyl (C=O) groups is 1. The summed E-state index contributed by atoms with van der Waals surface area (Å²) >= 11 is 0. The molecule has 0 aliphatic carbocycles. The van der Waals surface area contributed by atoms with Gasteiger partial charge in [0.2, 0.25) is 5.91 Å². The minimum Gasteiger partial charge on any atom is -0.496 e. The Morgan fingerprint density at radius 3 is 2.96 bits per heavy atom. The molecule has 2 saturated heterocycles. The number of ether oxygens (including phenoxy) is 1.